The minimum Gasteiger partial charge on any atom is -0.360 e. The molecule has 2 rings (SSSR count). The third kappa shape index (κ3) is 7.19. The van der Waals surface area contributed by atoms with E-state index in [0.717, 1.165) is 61.6 Å². The SMILES string of the molecule is CCCN(CCC)C(=O)c1ccc(CSc2nc(Cl)cc(N(C)CCC)n2)cc1. The van der Waals surface area contributed by atoms with Gasteiger partial charge in [0.1, 0.15) is 11.0 Å². The van der Waals surface area contributed by atoms with E-state index in [4.69, 9.17) is 11.6 Å². The highest BCUT2D eigenvalue weighted by atomic mass is 35.5. The number of anilines is 1. The molecule has 0 saturated carbocycles. The van der Waals surface area contributed by atoms with Crippen LogP contribution in [-0.2, 0) is 5.75 Å². The van der Waals surface area contributed by atoms with Gasteiger partial charge in [-0.3, -0.25) is 4.79 Å². The number of halogens is 1. The summed E-state index contributed by atoms with van der Waals surface area (Å²) >= 11 is 7.72. The second-order valence-electron chi connectivity index (χ2n) is 7.03. The van der Waals surface area contributed by atoms with Gasteiger partial charge in [0.15, 0.2) is 5.16 Å². The first-order valence-electron chi connectivity index (χ1n) is 10.2. The molecule has 0 unspecified atom stereocenters. The van der Waals surface area contributed by atoms with E-state index < -0.39 is 0 Å². The number of nitrogens with zero attached hydrogens (tertiary/aromatic N) is 4. The second-order valence-corrected chi connectivity index (χ2v) is 8.36. The Hall–Kier alpha value is -1.79. The van der Waals surface area contributed by atoms with Crippen molar-refractivity contribution >= 4 is 35.1 Å². The van der Waals surface area contributed by atoms with Gasteiger partial charge in [-0.2, -0.15) is 0 Å². The number of carbonyl (C=O) groups excluding carboxylic acids is 1. The molecule has 1 aromatic carbocycles. The third-order valence-corrected chi connectivity index (χ3v) is 5.57. The Bertz CT molecular complexity index is 779. The minimum absolute atomic E-state index is 0.106. The summed E-state index contributed by atoms with van der Waals surface area (Å²) in [4.78, 5) is 25.6. The van der Waals surface area contributed by atoms with Crippen LogP contribution in [-0.4, -0.2) is 47.5 Å². The largest absolute Gasteiger partial charge is 0.360 e. The molecule has 0 fully saturated rings. The Morgan fingerprint density at radius 1 is 1.00 bits per heavy atom. The van der Waals surface area contributed by atoms with E-state index >= 15 is 0 Å². The maximum Gasteiger partial charge on any atom is 0.253 e. The van der Waals surface area contributed by atoms with E-state index in [0.29, 0.717) is 10.3 Å². The molecule has 0 aliphatic carbocycles. The lowest BCUT2D eigenvalue weighted by atomic mass is 10.1. The average molecular weight is 435 g/mol. The van der Waals surface area contributed by atoms with Gasteiger partial charge in [0, 0.05) is 44.1 Å². The van der Waals surface area contributed by atoms with E-state index in [-0.39, 0.29) is 5.91 Å². The molecule has 0 bridgehead atoms. The van der Waals surface area contributed by atoms with Crippen LogP contribution in [0.4, 0.5) is 5.82 Å². The molecule has 5 nitrogen and oxygen atoms in total. The molecule has 158 valence electrons. The first-order chi connectivity index (χ1) is 14.0. The molecule has 0 spiro atoms. The molecule has 2 aromatic rings. The highest BCUT2D eigenvalue weighted by molar-refractivity contribution is 7.98. The molecule has 1 aromatic heterocycles. The van der Waals surface area contributed by atoms with E-state index in [1.807, 2.05) is 36.2 Å². The number of carbonyl (C=O) groups is 1. The highest BCUT2D eigenvalue weighted by Gasteiger charge is 2.14. The van der Waals surface area contributed by atoms with Gasteiger partial charge in [-0.05, 0) is 37.0 Å². The van der Waals surface area contributed by atoms with E-state index in [1.54, 1.807) is 17.8 Å². The average Bonchev–Trinajstić information content (AvgIpc) is 2.72. The Kier molecular flexibility index (Phi) is 9.74. The van der Waals surface area contributed by atoms with Crippen molar-refractivity contribution in [3.05, 3.63) is 46.6 Å². The van der Waals surface area contributed by atoms with Gasteiger partial charge in [-0.1, -0.05) is 56.3 Å². The molecule has 0 aliphatic rings. The topological polar surface area (TPSA) is 49.3 Å². The van der Waals surface area contributed by atoms with Gasteiger partial charge in [-0.15, -0.1) is 0 Å². The van der Waals surface area contributed by atoms with Crippen LogP contribution in [0, 0.1) is 0 Å². The summed E-state index contributed by atoms with van der Waals surface area (Å²) in [6, 6.07) is 9.63. The van der Waals surface area contributed by atoms with E-state index in [2.05, 4.69) is 35.6 Å². The zero-order valence-corrected chi connectivity index (χ0v) is 19.4. The summed E-state index contributed by atoms with van der Waals surface area (Å²) in [7, 11) is 2.01. The molecule has 0 atom stereocenters. The molecule has 7 heteroatoms. The summed E-state index contributed by atoms with van der Waals surface area (Å²) in [5.41, 5.74) is 1.86. The summed E-state index contributed by atoms with van der Waals surface area (Å²) in [6.45, 7) is 8.84. The van der Waals surface area contributed by atoms with Crippen LogP contribution in [0.15, 0.2) is 35.5 Å². The predicted octanol–water partition coefficient (Wildman–Crippen LogP) is 5.53. The summed E-state index contributed by atoms with van der Waals surface area (Å²) in [5, 5.41) is 1.11. The molecule has 0 radical (unpaired) electrons. The number of amides is 1. The Morgan fingerprint density at radius 2 is 1.62 bits per heavy atom. The van der Waals surface area contributed by atoms with Gasteiger partial charge >= 0.3 is 0 Å². The predicted molar refractivity (Wildman–Crippen MR) is 123 cm³/mol. The van der Waals surface area contributed by atoms with E-state index in [9.17, 15) is 4.79 Å². The van der Waals surface area contributed by atoms with Crippen molar-refractivity contribution < 1.29 is 4.79 Å². The lowest BCUT2D eigenvalue weighted by Crippen LogP contribution is -2.32. The number of benzene rings is 1. The molecule has 0 saturated heterocycles. The van der Waals surface area contributed by atoms with Crippen LogP contribution in [0.5, 0.6) is 0 Å². The molecule has 0 aliphatic heterocycles. The molecule has 1 heterocycles. The maximum absolute atomic E-state index is 12.7. The van der Waals surface area contributed by atoms with Crippen LogP contribution in [0.3, 0.4) is 0 Å². The maximum atomic E-state index is 12.7. The first-order valence-corrected chi connectivity index (χ1v) is 11.6. The van der Waals surface area contributed by atoms with Crippen molar-refractivity contribution in [2.75, 3.05) is 31.6 Å². The van der Waals surface area contributed by atoms with Crippen molar-refractivity contribution in [1.82, 2.24) is 14.9 Å². The van der Waals surface area contributed by atoms with Gasteiger partial charge in [-0.25, -0.2) is 9.97 Å². The zero-order chi connectivity index (χ0) is 21.2. The van der Waals surface area contributed by atoms with Crippen molar-refractivity contribution in [3.63, 3.8) is 0 Å². The second kappa shape index (κ2) is 12.0. The first kappa shape index (κ1) is 23.5. The van der Waals surface area contributed by atoms with E-state index in [1.165, 1.54) is 0 Å². The van der Waals surface area contributed by atoms with Crippen LogP contribution in [0.1, 0.15) is 56.0 Å². The molecular formula is C22H31ClN4OS. The van der Waals surface area contributed by atoms with Crippen LogP contribution >= 0.6 is 23.4 Å². The lowest BCUT2D eigenvalue weighted by Gasteiger charge is -2.21. The lowest BCUT2D eigenvalue weighted by molar-refractivity contribution is 0.0755. The minimum atomic E-state index is 0.106. The number of hydrogen-bond acceptors (Lipinski definition) is 5. The highest BCUT2D eigenvalue weighted by Crippen LogP contribution is 2.24. The Balaban J connectivity index is 2.02. The monoisotopic (exact) mass is 434 g/mol. The Labute approximate surface area is 183 Å². The molecule has 0 N–H and O–H groups in total. The van der Waals surface area contributed by atoms with Crippen molar-refractivity contribution in [3.8, 4) is 0 Å². The number of hydrogen-bond donors (Lipinski definition) is 0. The van der Waals surface area contributed by atoms with Crippen molar-refractivity contribution in [1.29, 1.82) is 0 Å². The fourth-order valence-electron chi connectivity index (χ4n) is 3.02. The standard InChI is InChI=1S/C22H31ClN4OS/c1-5-12-26(4)20-15-19(23)24-22(25-20)29-16-17-8-10-18(11-9-17)21(28)27(13-6-2)14-7-3/h8-11,15H,5-7,12-14,16H2,1-4H3. The molecule has 1 amide bonds. The summed E-state index contributed by atoms with van der Waals surface area (Å²) in [5.74, 6) is 1.66. The van der Waals surface area contributed by atoms with Crippen LogP contribution in [0.25, 0.3) is 0 Å². The van der Waals surface area contributed by atoms with Gasteiger partial charge in [0.05, 0.1) is 0 Å². The fourth-order valence-corrected chi connectivity index (χ4v) is 4.06. The molecular weight excluding hydrogens is 404 g/mol. The summed E-state index contributed by atoms with van der Waals surface area (Å²) < 4.78 is 0. The zero-order valence-electron chi connectivity index (χ0n) is 17.8. The van der Waals surface area contributed by atoms with Crippen molar-refractivity contribution in [2.45, 2.75) is 50.9 Å². The Morgan fingerprint density at radius 3 is 2.21 bits per heavy atom. The third-order valence-electron chi connectivity index (χ3n) is 4.45. The number of aromatic nitrogens is 2. The van der Waals surface area contributed by atoms with Gasteiger partial charge in [0.25, 0.3) is 5.91 Å². The summed E-state index contributed by atoms with van der Waals surface area (Å²) in [6.07, 6.45) is 2.98. The number of thioether (sulfide) groups is 1. The quantitative estimate of drug-likeness (QED) is 0.264. The van der Waals surface area contributed by atoms with Crippen LogP contribution < -0.4 is 4.90 Å². The molecule has 29 heavy (non-hydrogen) atoms. The van der Waals surface area contributed by atoms with Crippen molar-refractivity contribution in [2.24, 2.45) is 0 Å². The van der Waals surface area contributed by atoms with Gasteiger partial charge in [0.2, 0.25) is 0 Å². The smallest absolute Gasteiger partial charge is 0.253 e. The fraction of sp³-hybridized carbons (Fsp3) is 0.500. The number of rotatable bonds is 11. The van der Waals surface area contributed by atoms with Gasteiger partial charge < -0.3 is 9.80 Å². The van der Waals surface area contributed by atoms with Crippen LogP contribution in [0.2, 0.25) is 5.15 Å². The normalized spacial score (nSPS) is 10.8.